The van der Waals surface area contributed by atoms with Crippen LogP contribution < -0.4 is 26.1 Å². The second kappa shape index (κ2) is 6.70. The summed E-state index contributed by atoms with van der Waals surface area (Å²) in [4.78, 5) is 25.6. The minimum atomic E-state index is -0.327. The molecule has 3 rings (SSSR count). The average molecular weight is 493 g/mol. The molecule has 1 atom stereocenters. The second-order valence-corrected chi connectivity index (χ2v) is 10.6. The van der Waals surface area contributed by atoms with Crippen LogP contribution in [0.1, 0.15) is 36.5 Å². The number of benzene rings is 1. The summed E-state index contributed by atoms with van der Waals surface area (Å²) >= 11 is 3.51. The first kappa shape index (κ1) is 17.2. The third kappa shape index (κ3) is 3.29. The average Bonchev–Trinajstić information content (AvgIpc) is 2.67. The van der Waals surface area contributed by atoms with E-state index in [0.29, 0.717) is 15.3 Å². The fraction of sp³-hybridized carbons (Fsp3) is 0.529. The predicted molar refractivity (Wildman–Crippen MR) is 88.4 cm³/mol. The Morgan fingerprint density at radius 3 is 2.78 bits per heavy atom. The molecule has 1 aromatic carbocycles. The second-order valence-electron chi connectivity index (χ2n) is 6.31. The van der Waals surface area contributed by atoms with E-state index in [9.17, 15) is 9.59 Å². The van der Waals surface area contributed by atoms with E-state index in [1.54, 1.807) is 0 Å². The SMILES string of the molecule is COC(=O)c1ccc(N2CCC3(CC(=O)C3)C(C)[I-]C2)cc1Br. The monoisotopic (exact) mass is 492 g/mol. The number of hydrogen-bond donors (Lipinski definition) is 0. The predicted octanol–water partition coefficient (Wildman–Crippen LogP) is 0.230. The van der Waals surface area contributed by atoms with Gasteiger partial charge in [0.2, 0.25) is 0 Å². The number of carbonyl (C=O) groups excluding carboxylic acids is 2. The van der Waals surface area contributed by atoms with Gasteiger partial charge in [0.1, 0.15) is 0 Å². The number of halogens is 2. The van der Waals surface area contributed by atoms with E-state index in [1.165, 1.54) is 7.11 Å². The summed E-state index contributed by atoms with van der Waals surface area (Å²) in [6, 6.07) is 5.82. The summed E-state index contributed by atoms with van der Waals surface area (Å²) in [7, 11) is 1.39. The van der Waals surface area contributed by atoms with Crippen LogP contribution in [0.25, 0.3) is 0 Å². The first-order chi connectivity index (χ1) is 10.9. The number of alkyl halides is 2. The van der Waals surface area contributed by atoms with E-state index in [2.05, 4.69) is 27.8 Å². The molecule has 126 valence electrons. The van der Waals surface area contributed by atoms with Gasteiger partial charge in [0.25, 0.3) is 0 Å². The van der Waals surface area contributed by atoms with Crippen molar-refractivity contribution >= 4 is 33.4 Å². The van der Waals surface area contributed by atoms with Crippen LogP contribution >= 0.6 is 15.9 Å². The number of ether oxygens (including phenoxy) is 1. The summed E-state index contributed by atoms with van der Waals surface area (Å²) < 4.78 is 7.35. The summed E-state index contributed by atoms with van der Waals surface area (Å²) in [5, 5.41) is 0. The number of Topliss-reactive ketones (excluding diaryl/α,β-unsaturated/α-hetero) is 1. The molecule has 1 aromatic rings. The van der Waals surface area contributed by atoms with Gasteiger partial charge in [0, 0.05) is 0 Å². The van der Waals surface area contributed by atoms with E-state index in [4.69, 9.17) is 4.74 Å². The fourth-order valence-electron chi connectivity index (χ4n) is 3.33. The van der Waals surface area contributed by atoms with Crippen LogP contribution in [0.3, 0.4) is 0 Å². The van der Waals surface area contributed by atoms with Gasteiger partial charge in [-0.2, -0.15) is 0 Å². The zero-order chi connectivity index (χ0) is 16.6. The topological polar surface area (TPSA) is 46.6 Å². The van der Waals surface area contributed by atoms with E-state index >= 15 is 0 Å². The summed E-state index contributed by atoms with van der Waals surface area (Å²) in [6.45, 7) is 3.32. The molecule has 0 aromatic heterocycles. The number of methoxy groups -OCH3 is 1. The van der Waals surface area contributed by atoms with Crippen molar-refractivity contribution < 1.29 is 35.5 Å². The van der Waals surface area contributed by atoms with Crippen LogP contribution in [0.2, 0.25) is 0 Å². The third-order valence-corrected chi connectivity index (χ3v) is 9.51. The normalized spacial score (nSPS) is 23.7. The summed E-state index contributed by atoms with van der Waals surface area (Å²) in [6.07, 6.45) is 2.66. The summed E-state index contributed by atoms with van der Waals surface area (Å²) in [5.74, 6) is 0.103. The minimum absolute atomic E-state index is 0.0271. The van der Waals surface area contributed by atoms with Crippen molar-refractivity contribution in [3.8, 4) is 0 Å². The number of carbonyl (C=O) groups is 2. The Morgan fingerprint density at radius 2 is 2.17 bits per heavy atom. The quantitative estimate of drug-likeness (QED) is 0.257. The Morgan fingerprint density at radius 1 is 1.43 bits per heavy atom. The third-order valence-electron chi connectivity index (χ3n) is 4.99. The van der Waals surface area contributed by atoms with Crippen LogP contribution in [0.15, 0.2) is 22.7 Å². The van der Waals surface area contributed by atoms with Gasteiger partial charge in [-0.15, -0.1) is 0 Å². The number of anilines is 1. The molecule has 0 amide bonds. The van der Waals surface area contributed by atoms with Gasteiger partial charge >= 0.3 is 156 Å². The Kier molecular flexibility index (Phi) is 5.01. The standard InChI is InChI=1S/C17H20BrINO3/c1-11-17(8-13(21)9-17)5-6-20(10-19-11)12-3-4-14(15(18)7-12)16(22)23-2/h3-4,7,11H,5-6,8-10H2,1-2H3/q-1. The van der Waals surface area contributed by atoms with Crippen molar-refractivity contribution in [3.05, 3.63) is 28.2 Å². The Balaban J connectivity index is 1.76. The molecule has 6 heteroatoms. The van der Waals surface area contributed by atoms with Crippen molar-refractivity contribution in [3.63, 3.8) is 0 Å². The fourth-order valence-corrected chi connectivity index (χ4v) is 7.35. The van der Waals surface area contributed by atoms with Crippen molar-refractivity contribution in [2.24, 2.45) is 5.41 Å². The van der Waals surface area contributed by atoms with Crippen molar-refractivity contribution in [2.45, 2.75) is 30.1 Å². The number of hydrogen-bond acceptors (Lipinski definition) is 4. The zero-order valence-corrected chi connectivity index (χ0v) is 17.0. The first-order valence-electron chi connectivity index (χ1n) is 7.67. The van der Waals surface area contributed by atoms with E-state index < -0.39 is 0 Å². The molecule has 1 heterocycles. The molecule has 1 saturated carbocycles. The molecule has 1 saturated heterocycles. The molecule has 4 nitrogen and oxygen atoms in total. The van der Waals surface area contributed by atoms with Crippen LogP contribution in [0.4, 0.5) is 5.69 Å². The number of rotatable bonds is 2. The van der Waals surface area contributed by atoms with Gasteiger partial charge in [-0.25, -0.2) is 0 Å². The molecular weight excluding hydrogens is 473 g/mol. The Hall–Kier alpha value is -0.630. The zero-order valence-electron chi connectivity index (χ0n) is 13.3. The summed E-state index contributed by atoms with van der Waals surface area (Å²) in [5.41, 5.74) is 1.97. The molecule has 0 N–H and O–H groups in total. The molecule has 0 radical (unpaired) electrons. The molecule has 23 heavy (non-hydrogen) atoms. The number of esters is 1. The molecule has 1 aliphatic heterocycles. The number of nitrogens with zero attached hydrogens (tertiary/aromatic N) is 1. The molecule has 2 fully saturated rings. The van der Waals surface area contributed by atoms with Crippen molar-refractivity contribution in [2.75, 3.05) is 23.1 Å². The molecular formula is C17H20BrINO3-. The maximum atomic E-state index is 11.7. The van der Waals surface area contributed by atoms with Crippen molar-refractivity contribution in [1.29, 1.82) is 0 Å². The first-order valence-corrected chi connectivity index (χ1v) is 11.2. The maximum absolute atomic E-state index is 11.7. The van der Waals surface area contributed by atoms with Crippen LogP contribution in [0, 0.1) is 5.41 Å². The van der Waals surface area contributed by atoms with E-state index in [-0.39, 0.29) is 32.6 Å². The van der Waals surface area contributed by atoms with Gasteiger partial charge in [0.15, 0.2) is 0 Å². The van der Waals surface area contributed by atoms with Crippen LogP contribution in [-0.4, -0.2) is 33.9 Å². The van der Waals surface area contributed by atoms with Gasteiger partial charge in [-0.1, -0.05) is 0 Å². The molecule has 1 spiro atoms. The van der Waals surface area contributed by atoms with Gasteiger partial charge < -0.3 is 0 Å². The molecule has 0 bridgehead atoms. The van der Waals surface area contributed by atoms with E-state index in [0.717, 1.165) is 40.5 Å². The van der Waals surface area contributed by atoms with Gasteiger partial charge in [-0.05, 0) is 0 Å². The van der Waals surface area contributed by atoms with Gasteiger partial charge in [0.05, 0.1) is 0 Å². The Labute approximate surface area is 155 Å². The number of ketones is 1. The van der Waals surface area contributed by atoms with Crippen LogP contribution in [0.5, 0.6) is 0 Å². The van der Waals surface area contributed by atoms with Crippen LogP contribution in [-0.2, 0) is 9.53 Å². The van der Waals surface area contributed by atoms with Gasteiger partial charge in [-0.3, -0.25) is 0 Å². The molecule has 1 aliphatic carbocycles. The molecule has 1 unspecified atom stereocenters. The molecule has 2 aliphatic rings. The van der Waals surface area contributed by atoms with E-state index in [1.807, 2.05) is 18.2 Å². The van der Waals surface area contributed by atoms with Crippen molar-refractivity contribution in [1.82, 2.24) is 0 Å². The Bertz CT molecular complexity index is 641.